The summed E-state index contributed by atoms with van der Waals surface area (Å²) in [6.07, 6.45) is 5.36. The highest BCUT2D eigenvalue weighted by atomic mass is 16.4. The van der Waals surface area contributed by atoms with Crippen molar-refractivity contribution in [3.63, 3.8) is 0 Å². The minimum absolute atomic E-state index is 0.377. The zero-order chi connectivity index (χ0) is 15.0. The molecule has 0 bridgehead atoms. The van der Waals surface area contributed by atoms with Crippen molar-refractivity contribution in [3.05, 3.63) is 24.8 Å². The molecule has 110 valence electrons. The highest BCUT2D eigenvalue weighted by Crippen LogP contribution is 2.35. The number of hydrogen-bond acceptors (Lipinski definition) is 6. The van der Waals surface area contributed by atoms with Gasteiger partial charge in [-0.2, -0.15) is 5.10 Å². The first kappa shape index (κ1) is 13.3. The van der Waals surface area contributed by atoms with E-state index in [-0.39, 0.29) is 0 Å². The molecule has 2 aromatic rings. The molecule has 0 aromatic carbocycles. The Balaban J connectivity index is 1.94. The maximum absolute atomic E-state index is 11.3. The van der Waals surface area contributed by atoms with E-state index in [9.17, 15) is 9.90 Å². The van der Waals surface area contributed by atoms with Gasteiger partial charge < -0.3 is 15.7 Å². The van der Waals surface area contributed by atoms with E-state index >= 15 is 0 Å². The van der Waals surface area contributed by atoms with Crippen LogP contribution in [0.1, 0.15) is 13.3 Å². The number of carbonyl (C=O) groups is 1. The summed E-state index contributed by atoms with van der Waals surface area (Å²) < 4.78 is 1.56. The van der Waals surface area contributed by atoms with E-state index in [1.807, 2.05) is 4.90 Å². The van der Waals surface area contributed by atoms with Gasteiger partial charge in [0, 0.05) is 25.5 Å². The molecular formula is C13H16N6O2. The molecule has 0 amide bonds. The van der Waals surface area contributed by atoms with Crippen LogP contribution in [0.2, 0.25) is 0 Å². The van der Waals surface area contributed by atoms with Gasteiger partial charge in [0.15, 0.2) is 11.6 Å². The van der Waals surface area contributed by atoms with Crippen LogP contribution < -0.4 is 10.6 Å². The topological polar surface area (TPSA) is 110 Å². The fourth-order valence-electron chi connectivity index (χ4n) is 2.52. The lowest BCUT2D eigenvalue weighted by atomic mass is 9.90. The number of nitrogens with zero attached hydrogens (tertiary/aromatic N) is 5. The minimum atomic E-state index is -0.801. The molecule has 1 atom stereocenters. The van der Waals surface area contributed by atoms with Gasteiger partial charge >= 0.3 is 5.97 Å². The molecule has 0 radical (unpaired) electrons. The molecule has 0 saturated carbocycles. The molecule has 1 fully saturated rings. The second kappa shape index (κ2) is 4.72. The molecule has 1 unspecified atom stereocenters. The molecule has 0 aliphatic carbocycles. The predicted octanol–water partition coefficient (Wildman–Crippen LogP) is 0.545. The van der Waals surface area contributed by atoms with Crippen LogP contribution in [0.4, 0.5) is 11.5 Å². The largest absolute Gasteiger partial charge is 0.481 e. The SMILES string of the molecule is CC1(C(=O)O)CCN(c2ncnc(-n3cccn3)c2N)C1. The molecule has 21 heavy (non-hydrogen) atoms. The van der Waals surface area contributed by atoms with Gasteiger partial charge in [0.2, 0.25) is 0 Å². The maximum Gasteiger partial charge on any atom is 0.311 e. The number of carboxylic acid groups (broad SMARTS) is 1. The normalized spacial score (nSPS) is 21.7. The first-order valence-corrected chi connectivity index (χ1v) is 6.60. The fourth-order valence-corrected chi connectivity index (χ4v) is 2.52. The molecule has 1 saturated heterocycles. The first-order chi connectivity index (χ1) is 10.0. The Bertz CT molecular complexity index is 671. The van der Waals surface area contributed by atoms with Crippen LogP contribution in [0.5, 0.6) is 0 Å². The van der Waals surface area contributed by atoms with Gasteiger partial charge in [-0.05, 0) is 19.4 Å². The summed E-state index contributed by atoms with van der Waals surface area (Å²) >= 11 is 0. The molecular weight excluding hydrogens is 272 g/mol. The number of rotatable bonds is 3. The average Bonchev–Trinajstić information content (AvgIpc) is 3.09. The van der Waals surface area contributed by atoms with Crippen molar-refractivity contribution in [1.29, 1.82) is 0 Å². The lowest BCUT2D eigenvalue weighted by molar-refractivity contribution is -0.146. The van der Waals surface area contributed by atoms with Gasteiger partial charge in [0.25, 0.3) is 0 Å². The Morgan fingerprint density at radius 1 is 1.43 bits per heavy atom. The van der Waals surface area contributed by atoms with Crippen LogP contribution >= 0.6 is 0 Å². The molecule has 1 aliphatic rings. The number of aromatic nitrogens is 4. The quantitative estimate of drug-likeness (QED) is 0.848. The van der Waals surface area contributed by atoms with E-state index in [1.54, 1.807) is 30.1 Å². The maximum atomic E-state index is 11.3. The van der Waals surface area contributed by atoms with Crippen molar-refractivity contribution >= 4 is 17.5 Å². The lowest BCUT2D eigenvalue weighted by Crippen LogP contribution is -2.32. The van der Waals surface area contributed by atoms with Crippen molar-refractivity contribution in [2.75, 3.05) is 23.7 Å². The summed E-state index contributed by atoms with van der Waals surface area (Å²) in [6, 6.07) is 1.78. The Kier molecular flexibility index (Phi) is 3.00. The van der Waals surface area contributed by atoms with Crippen LogP contribution in [0.25, 0.3) is 5.82 Å². The predicted molar refractivity (Wildman–Crippen MR) is 76.1 cm³/mol. The monoisotopic (exact) mass is 288 g/mol. The second-order valence-corrected chi connectivity index (χ2v) is 5.42. The fraction of sp³-hybridized carbons (Fsp3) is 0.385. The van der Waals surface area contributed by atoms with E-state index < -0.39 is 11.4 Å². The van der Waals surface area contributed by atoms with Gasteiger partial charge in [-0.3, -0.25) is 4.79 Å². The summed E-state index contributed by atoms with van der Waals surface area (Å²) in [5.74, 6) is 0.249. The van der Waals surface area contributed by atoms with Crippen LogP contribution in [-0.4, -0.2) is 43.9 Å². The van der Waals surface area contributed by atoms with Crippen molar-refractivity contribution in [2.24, 2.45) is 5.41 Å². The summed E-state index contributed by atoms with van der Waals surface area (Å²) in [4.78, 5) is 21.6. The molecule has 3 rings (SSSR count). The van der Waals surface area contributed by atoms with Crippen molar-refractivity contribution < 1.29 is 9.90 Å². The van der Waals surface area contributed by atoms with E-state index in [0.717, 1.165) is 0 Å². The highest BCUT2D eigenvalue weighted by Gasteiger charge is 2.41. The van der Waals surface area contributed by atoms with Gasteiger partial charge in [0.1, 0.15) is 12.0 Å². The average molecular weight is 288 g/mol. The molecule has 8 nitrogen and oxygen atoms in total. The molecule has 3 heterocycles. The highest BCUT2D eigenvalue weighted by molar-refractivity contribution is 5.78. The molecule has 0 spiro atoms. The molecule has 1 aliphatic heterocycles. The van der Waals surface area contributed by atoms with Crippen LogP contribution in [0, 0.1) is 5.41 Å². The van der Waals surface area contributed by atoms with Crippen LogP contribution in [-0.2, 0) is 4.79 Å². The van der Waals surface area contributed by atoms with E-state index in [1.165, 1.54) is 6.33 Å². The summed E-state index contributed by atoms with van der Waals surface area (Å²) in [5, 5.41) is 13.4. The van der Waals surface area contributed by atoms with Crippen LogP contribution in [0.15, 0.2) is 24.8 Å². The smallest absolute Gasteiger partial charge is 0.311 e. The number of hydrogen-bond donors (Lipinski definition) is 2. The second-order valence-electron chi connectivity index (χ2n) is 5.42. The van der Waals surface area contributed by atoms with E-state index in [2.05, 4.69) is 15.1 Å². The Hall–Kier alpha value is -2.64. The Morgan fingerprint density at radius 2 is 2.19 bits per heavy atom. The summed E-state index contributed by atoms with van der Waals surface area (Å²) in [7, 11) is 0. The molecule has 2 aromatic heterocycles. The minimum Gasteiger partial charge on any atom is -0.481 e. The Morgan fingerprint density at radius 3 is 2.81 bits per heavy atom. The van der Waals surface area contributed by atoms with E-state index in [0.29, 0.717) is 36.8 Å². The van der Waals surface area contributed by atoms with Gasteiger partial charge in [0.05, 0.1) is 5.41 Å². The third-order valence-corrected chi connectivity index (χ3v) is 3.85. The Labute approximate surface area is 121 Å². The summed E-state index contributed by atoms with van der Waals surface area (Å²) in [6.45, 7) is 2.71. The van der Waals surface area contributed by atoms with Gasteiger partial charge in [-0.25, -0.2) is 14.6 Å². The van der Waals surface area contributed by atoms with Crippen molar-refractivity contribution in [3.8, 4) is 5.82 Å². The zero-order valence-corrected chi connectivity index (χ0v) is 11.6. The summed E-state index contributed by atoms with van der Waals surface area (Å²) in [5.41, 5.74) is 5.77. The third kappa shape index (κ3) is 2.18. The number of anilines is 2. The number of nitrogen functional groups attached to an aromatic ring is 1. The number of nitrogens with two attached hydrogens (primary N) is 1. The number of carboxylic acids is 1. The number of aliphatic carboxylic acids is 1. The zero-order valence-electron chi connectivity index (χ0n) is 11.6. The third-order valence-electron chi connectivity index (χ3n) is 3.85. The van der Waals surface area contributed by atoms with Gasteiger partial charge in [-0.15, -0.1) is 0 Å². The molecule has 3 N–H and O–H groups in total. The van der Waals surface area contributed by atoms with Crippen molar-refractivity contribution in [2.45, 2.75) is 13.3 Å². The van der Waals surface area contributed by atoms with Gasteiger partial charge in [-0.1, -0.05) is 0 Å². The van der Waals surface area contributed by atoms with E-state index in [4.69, 9.17) is 5.73 Å². The van der Waals surface area contributed by atoms with Crippen LogP contribution in [0.3, 0.4) is 0 Å². The standard InChI is InChI=1S/C13H16N6O2/c1-13(12(20)21)3-6-18(7-13)10-9(14)11(16-8-15-10)19-5-2-4-17-19/h2,4-5,8H,3,6-7,14H2,1H3,(H,20,21). The molecule has 8 heteroatoms. The lowest BCUT2D eigenvalue weighted by Gasteiger charge is -2.22. The first-order valence-electron chi connectivity index (χ1n) is 6.60. The van der Waals surface area contributed by atoms with Crippen molar-refractivity contribution in [1.82, 2.24) is 19.7 Å².